The second-order valence-electron chi connectivity index (χ2n) is 6.62. The fraction of sp³-hybridized carbons (Fsp3) is 0.227. The number of hydrogen-bond acceptors (Lipinski definition) is 5. The predicted molar refractivity (Wildman–Crippen MR) is 114 cm³/mol. The molecule has 8 heteroatoms. The molecule has 1 heterocycles. The van der Waals surface area contributed by atoms with E-state index in [1.165, 1.54) is 10.6 Å². The molecule has 0 saturated heterocycles. The summed E-state index contributed by atoms with van der Waals surface area (Å²) in [6.07, 6.45) is 1.54. The summed E-state index contributed by atoms with van der Waals surface area (Å²) in [5.41, 5.74) is 1.51. The van der Waals surface area contributed by atoms with Gasteiger partial charge in [0.05, 0.1) is 23.4 Å². The van der Waals surface area contributed by atoms with Gasteiger partial charge in [-0.2, -0.15) is 0 Å². The van der Waals surface area contributed by atoms with Gasteiger partial charge in [-0.25, -0.2) is 8.42 Å². The number of aryl methyl sites for hydroxylation is 1. The Labute approximate surface area is 176 Å². The summed E-state index contributed by atoms with van der Waals surface area (Å²) in [4.78, 5) is 12.1. The summed E-state index contributed by atoms with van der Waals surface area (Å²) in [5.74, 6) is 0.838. The molecule has 0 aliphatic carbocycles. The minimum Gasteiger partial charge on any atom is -0.484 e. The number of furan rings is 1. The second kappa shape index (κ2) is 9.49. The maximum absolute atomic E-state index is 13.0. The largest absolute Gasteiger partial charge is 0.484 e. The van der Waals surface area contributed by atoms with Gasteiger partial charge >= 0.3 is 0 Å². The molecule has 0 fully saturated rings. The smallest absolute Gasteiger partial charge is 0.264 e. The van der Waals surface area contributed by atoms with E-state index in [1.54, 1.807) is 67.6 Å². The Morgan fingerprint density at radius 3 is 2.37 bits per heavy atom. The molecule has 0 saturated carbocycles. The van der Waals surface area contributed by atoms with Crippen LogP contribution in [-0.2, 0) is 21.4 Å². The van der Waals surface area contributed by atoms with Crippen molar-refractivity contribution in [3.63, 3.8) is 0 Å². The van der Waals surface area contributed by atoms with Gasteiger partial charge in [-0.15, -0.1) is 0 Å². The summed E-state index contributed by atoms with van der Waals surface area (Å²) in [7, 11) is -3.67. The lowest BCUT2D eigenvalue weighted by Crippen LogP contribution is -2.30. The van der Waals surface area contributed by atoms with Gasteiger partial charge in [0.2, 0.25) is 0 Å². The molecule has 3 rings (SSSR count). The second-order valence-corrected chi connectivity index (χ2v) is 8.48. The van der Waals surface area contributed by atoms with Crippen molar-refractivity contribution in [1.82, 2.24) is 5.32 Å². The van der Waals surface area contributed by atoms with Gasteiger partial charge in [0, 0.05) is 6.54 Å². The lowest BCUT2D eigenvalue weighted by molar-refractivity contribution is -0.123. The van der Waals surface area contributed by atoms with E-state index in [0.717, 1.165) is 5.56 Å². The predicted octanol–water partition coefficient (Wildman–Crippen LogP) is 3.50. The fourth-order valence-corrected chi connectivity index (χ4v) is 4.31. The van der Waals surface area contributed by atoms with Crippen LogP contribution in [0.15, 0.2) is 76.2 Å². The first kappa shape index (κ1) is 21.4. The highest BCUT2D eigenvalue weighted by molar-refractivity contribution is 7.92. The minimum absolute atomic E-state index is 0.154. The van der Waals surface area contributed by atoms with E-state index in [9.17, 15) is 13.2 Å². The Kier molecular flexibility index (Phi) is 6.79. The highest BCUT2D eigenvalue weighted by Crippen LogP contribution is 2.25. The molecule has 1 aromatic heterocycles. The number of ether oxygens (including phenoxy) is 1. The number of benzene rings is 2. The Hall–Kier alpha value is -3.26. The molecule has 0 radical (unpaired) electrons. The highest BCUT2D eigenvalue weighted by atomic mass is 32.2. The van der Waals surface area contributed by atoms with Crippen molar-refractivity contribution in [3.8, 4) is 5.75 Å². The Morgan fingerprint density at radius 2 is 1.77 bits per heavy atom. The third-order valence-corrected chi connectivity index (χ3v) is 6.35. The van der Waals surface area contributed by atoms with Crippen molar-refractivity contribution in [2.24, 2.45) is 0 Å². The van der Waals surface area contributed by atoms with Crippen LogP contribution in [-0.4, -0.2) is 27.5 Å². The van der Waals surface area contributed by atoms with E-state index in [-0.39, 0.29) is 30.5 Å². The fourth-order valence-electron chi connectivity index (χ4n) is 2.84. The van der Waals surface area contributed by atoms with Gasteiger partial charge in [0.1, 0.15) is 11.5 Å². The van der Waals surface area contributed by atoms with Crippen LogP contribution in [0.1, 0.15) is 18.2 Å². The Bertz CT molecular complexity index is 1060. The van der Waals surface area contributed by atoms with Gasteiger partial charge in [-0.3, -0.25) is 9.10 Å². The van der Waals surface area contributed by atoms with Crippen molar-refractivity contribution in [1.29, 1.82) is 0 Å². The van der Waals surface area contributed by atoms with Crippen LogP contribution in [0.5, 0.6) is 5.75 Å². The molecule has 0 bridgehead atoms. The number of nitrogens with zero attached hydrogens (tertiary/aromatic N) is 1. The van der Waals surface area contributed by atoms with Crippen molar-refractivity contribution in [3.05, 3.63) is 78.3 Å². The molecule has 1 N–H and O–H groups in total. The molecule has 30 heavy (non-hydrogen) atoms. The highest BCUT2D eigenvalue weighted by Gasteiger charge is 2.23. The summed E-state index contributed by atoms with van der Waals surface area (Å²) >= 11 is 0. The molecule has 1 amide bonds. The van der Waals surface area contributed by atoms with Crippen LogP contribution in [0, 0.1) is 6.92 Å². The summed E-state index contributed by atoms with van der Waals surface area (Å²) < 4.78 is 37.9. The number of carbonyl (C=O) groups is 1. The van der Waals surface area contributed by atoms with E-state index in [2.05, 4.69) is 5.32 Å². The molecule has 0 spiro atoms. The SMILES string of the molecule is CCN(c1ccc(OCC(=O)NCc2ccco2)cc1)S(=O)(=O)c1ccc(C)cc1. The number of sulfonamides is 1. The minimum atomic E-state index is -3.67. The molecule has 0 atom stereocenters. The quantitative estimate of drug-likeness (QED) is 0.564. The first-order valence-corrected chi connectivity index (χ1v) is 11.0. The topological polar surface area (TPSA) is 88.8 Å². The molecule has 0 unspecified atom stereocenters. The van der Waals surface area contributed by atoms with Crippen LogP contribution in [0.4, 0.5) is 5.69 Å². The number of nitrogens with one attached hydrogen (secondary N) is 1. The Morgan fingerprint density at radius 1 is 1.07 bits per heavy atom. The standard InChI is InChI=1S/C22H24N2O5S/c1-3-24(30(26,27)21-12-6-17(2)7-13-21)18-8-10-19(11-9-18)29-16-22(25)23-15-20-5-4-14-28-20/h4-14H,3,15-16H2,1-2H3,(H,23,25). The summed E-state index contributed by atoms with van der Waals surface area (Å²) in [6, 6.07) is 16.9. The molecular formula is C22H24N2O5S. The third kappa shape index (κ3) is 5.21. The van der Waals surface area contributed by atoms with Crippen LogP contribution in [0.25, 0.3) is 0 Å². The van der Waals surface area contributed by atoms with E-state index in [1.807, 2.05) is 6.92 Å². The lowest BCUT2D eigenvalue weighted by atomic mass is 10.2. The number of carbonyl (C=O) groups excluding carboxylic acids is 1. The van der Waals surface area contributed by atoms with Gasteiger partial charge in [0.15, 0.2) is 6.61 Å². The van der Waals surface area contributed by atoms with Gasteiger partial charge in [0.25, 0.3) is 15.9 Å². The molecule has 7 nitrogen and oxygen atoms in total. The zero-order valence-electron chi connectivity index (χ0n) is 16.9. The average molecular weight is 429 g/mol. The third-order valence-electron chi connectivity index (χ3n) is 4.43. The maximum atomic E-state index is 13.0. The first-order valence-electron chi connectivity index (χ1n) is 9.51. The Balaban J connectivity index is 1.62. The van der Waals surface area contributed by atoms with Crippen molar-refractivity contribution in [2.75, 3.05) is 17.5 Å². The summed E-state index contributed by atoms with van der Waals surface area (Å²) in [6.45, 7) is 4.10. The van der Waals surface area contributed by atoms with Gasteiger partial charge < -0.3 is 14.5 Å². The normalized spacial score (nSPS) is 11.1. The van der Waals surface area contributed by atoms with Crippen molar-refractivity contribution in [2.45, 2.75) is 25.3 Å². The molecule has 3 aromatic rings. The van der Waals surface area contributed by atoms with E-state index in [0.29, 0.717) is 17.2 Å². The van der Waals surface area contributed by atoms with Crippen LogP contribution < -0.4 is 14.4 Å². The number of anilines is 1. The van der Waals surface area contributed by atoms with Crippen LogP contribution >= 0.6 is 0 Å². The maximum Gasteiger partial charge on any atom is 0.264 e. The van der Waals surface area contributed by atoms with Crippen molar-refractivity contribution >= 4 is 21.6 Å². The van der Waals surface area contributed by atoms with E-state index < -0.39 is 10.0 Å². The van der Waals surface area contributed by atoms with Crippen molar-refractivity contribution < 1.29 is 22.4 Å². The molecular weight excluding hydrogens is 404 g/mol. The molecule has 0 aliphatic rings. The zero-order chi connectivity index (χ0) is 21.6. The molecule has 2 aromatic carbocycles. The summed E-state index contributed by atoms with van der Waals surface area (Å²) in [5, 5.41) is 2.69. The van der Waals surface area contributed by atoms with Gasteiger partial charge in [-0.05, 0) is 62.4 Å². The number of rotatable bonds is 9. The molecule has 0 aliphatic heterocycles. The average Bonchev–Trinajstić information content (AvgIpc) is 3.26. The number of hydrogen-bond donors (Lipinski definition) is 1. The molecule has 158 valence electrons. The lowest BCUT2D eigenvalue weighted by Gasteiger charge is -2.23. The number of amides is 1. The van der Waals surface area contributed by atoms with Crippen LogP contribution in [0.2, 0.25) is 0 Å². The van der Waals surface area contributed by atoms with E-state index in [4.69, 9.17) is 9.15 Å². The monoisotopic (exact) mass is 428 g/mol. The van der Waals surface area contributed by atoms with E-state index >= 15 is 0 Å². The van der Waals surface area contributed by atoms with Crippen LogP contribution in [0.3, 0.4) is 0 Å². The first-order chi connectivity index (χ1) is 14.4. The zero-order valence-corrected chi connectivity index (χ0v) is 17.7. The van der Waals surface area contributed by atoms with Gasteiger partial charge in [-0.1, -0.05) is 17.7 Å².